The van der Waals surface area contributed by atoms with Crippen molar-refractivity contribution in [3.8, 4) is 6.07 Å². The van der Waals surface area contributed by atoms with Gasteiger partial charge in [-0.3, -0.25) is 0 Å². The minimum atomic E-state index is 0.449. The molecular weight excluding hydrogens is 148 g/mol. The number of hydrogen-bond acceptors (Lipinski definition) is 2. The minimum absolute atomic E-state index is 0.449. The largest absolute Gasteiger partial charge is 0.399 e. The molecule has 0 amide bonds. The predicted octanol–water partition coefficient (Wildman–Crippen LogP) is 2.20. The van der Waals surface area contributed by atoms with E-state index in [0.29, 0.717) is 6.42 Å². The molecule has 2 nitrogen and oxygen atoms in total. The van der Waals surface area contributed by atoms with Crippen molar-refractivity contribution < 1.29 is 0 Å². The Hall–Kier alpha value is -1.75. The fourth-order valence-corrected chi connectivity index (χ4v) is 0.855. The first-order valence-electron chi connectivity index (χ1n) is 3.72. The Morgan fingerprint density at radius 1 is 1.33 bits per heavy atom. The Morgan fingerprint density at radius 3 is 2.58 bits per heavy atom. The van der Waals surface area contributed by atoms with E-state index in [1.165, 1.54) is 0 Å². The first kappa shape index (κ1) is 8.35. The molecule has 12 heavy (non-hydrogen) atoms. The van der Waals surface area contributed by atoms with Gasteiger partial charge in [0, 0.05) is 5.69 Å². The van der Waals surface area contributed by atoms with Crippen molar-refractivity contribution in [2.24, 2.45) is 0 Å². The zero-order chi connectivity index (χ0) is 8.81. The van der Waals surface area contributed by atoms with Crippen LogP contribution in [0.2, 0.25) is 0 Å². The third-order valence-electron chi connectivity index (χ3n) is 1.46. The molecule has 0 unspecified atom stereocenters. The lowest BCUT2D eigenvalue weighted by Gasteiger charge is -1.93. The smallest absolute Gasteiger partial charge is 0.0663 e. The summed E-state index contributed by atoms with van der Waals surface area (Å²) in [6.45, 7) is 0. The van der Waals surface area contributed by atoms with E-state index in [1.807, 2.05) is 42.5 Å². The van der Waals surface area contributed by atoms with Gasteiger partial charge in [0.25, 0.3) is 0 Å². The summed E-state index contributed by atoms with van der Waals surface area (Å²) in [6, 6.07) is 9.56. The number of allylic oxidation sites excluding steroid dienone is 1. The lowest BCUT2D eigenvalue weighted by Crippen LogP contribution is -1.82. The van der Waals surface area contributed by atoms with E-state index in [0.717, 1.165) is 11.3 Å². The van der Waals surface area contributed by atoms with Crippen molar-refractivity contribution in [3.05, 3.63) is 35.9 Å². The molecule has 0 fully saturated rings. The Kier molecular flexibility index (Phi) is 2.92. The van der Waals surface area contributed by atoms with Crippen LogP contribution < -0.4 is 5.73 Å². The highest BCUT2D eigenvalue weighted by Crippen LogP contribution is 2.06. The number of anilines is 1. The summed E-state index contributed by atoms with van der Waals surface area (Å²) < 4.78 is 0. The molecule has 0 aromatic heterocycles. The maximum atomic E-state index is 8.27. The number of nitrogens with two attached hydrogens (primary N) is 1. The lowest BCUT2D eigenvalue weighted by atomic mass is 10.2. The van der Waals surface area contributed by atoms with Crippen LogP contribution in [0.25, 0.3) is 6.08 Å². The molecule has 0 bridgehead atoms. The Morgan fingerprint density at radius 2 is 2.00 bits per heavy atom. The van der Waals surface area contributed by atoms with E-state index in [-0.39, 0.29) is 0 Å². The zero-order valence-corrected chi connectivity index (χ0v) is 6.70. The summed E-state index contributed by atoms with van der Waals surface area (Å²) in [6.07, 6.45) is 4.18. The van der Waals surface area contributed by atoms with E-state index in [9.17, 15) is 0 Å². The van der Waals surface area contributed by atoms with Crippen LogP contribution in [0.5, 0.6) is 0 Å². The van der Waals surface area contributed by atoms with Crippen molar-refractivity contribution in [1.29, 1.82) is 5.26 Å². The molecule has 1 rings (SSSR count). The van der Waals surface area contributed by atoms with Gasteiger partial charge in [0.15, 0.2) is 0 Å². The highest BCUT2D eigenvalue weighted by atomic mass is 14.5. The highest BCUT2D eigenvalue weighted by molar-refractivity contribution is 5.53. The maximum Gasteiger partial charge on any atom is 0.0663 e. The molecule has 0 spiro atoms. The van der Waals surface area contributed by atoms with Crippen molar-refractivity contribution in [2.45, 2.75) is 6.42 Å². The number of nitriles is 1. The number of nitrogen functional groups attached to an aromatic ring is 1. The first-order chi connectivity index (χ1) is 5.83. The third kappa shape index (κ3) is 2.47. The Bertz CT molecular complexity index is 304. The monoisotopic (exact) mass is 158 g/mol. The fourth-order valence-electron chi connectivity index (χ4n) is 0.855. The van der Waals surface area contributed by atoms with Gasteiger partial charge in [-0.05, 0) is 17.7 Å². The summed E-state index contributed by atoms with van der Waals surface area (Å²) in [5.41, 5.74) is 7.33. The van der Waals surface area contributed by atoms with Gasteiger partial charge < -0.3 is 5.73 Å². The molecule has 2 N–H and O–H groups in total. The molecule has 1 aromatic rings. The minimum Gasteiger partial charge on any atom is -0.399 e. The number of rotatable bonds is 2. The fraction of sp³-hybridized carbons (Fsp3) is 0.100. The second-order valence-electron chi connectivity index (χ2n) is 2.43. The standard InChI is InChI=1S/C10H10N2/c11-8-2-1-3-9-4-6-10(12)7-5-9/h1,3-7H,2,12H2. The average Bonchev–Trinajstić information content (AvgIpc) is 2.09. The number of benzene rings is 1. The van der Waals surface area contributed by atoms with Crippen LogP contribution in [0.3, 0.4) is 0 Å². The van der Waals surface area contributed by atoms with Crippen molar-refractivity contribution in [2.75, 3.05) is 5.73 Å². The summed E-state index contributed by atoms with van der Waals surface area (Å²) in [5, 5.41) is 8.27. The molecule has 0 radical (unpaired) electrons. The molecule has 0 saturated heterocycles. The van der Waals surface area contributed by atoms with E-state index < -0.39 is 0 Å². The molecule has 0 aliphatic carbocycles. The normalized spacial score (nSPS) is 9.92. The molecule has 0 aliphatic heterocycles. The van der Waals surface area contributed by atoms with E-state index >= 15 is 0 Å². The van der Waals surface area contributed by atoms with Gasteiger partial charge in [0.2, 0.25) is 0 Å². The van der Waals surface area contributed by atoms with Crippen LogP contribution >= 0.6 is 0 Å². The van der Waals surface area contributed by atoms with Crippen LogP contribution in [-0.2, 0) is 0 Å². The van der Waals surface area contributed by atoms with E-state index in [2.05, 4.69) is 0 Å². The van der Waals surface area contributed by atoms with Gasteiger partial charge in [-0.25, -0.2) is 0 Å². The van der Waals surface area contributed by atoms with E-state index in [4.69, 9.17) is 11.0 Å². The summed E-state index contributed by atoms with van der Waals surface area (Å²) in [4.78, 5) is 0. The van der Waals surface area contributed by atoms with Gasteiger partial charge in [0.05, 0.1) is 12.5 Å². The summed E-state index contributed by atoms with van der Waals surface area (Å²) >= 11 is 0. The number of nitrogens with zero attached hydrogens (tertiary/aromatic N) is 1. The maximum absolute atomic E-state index is 8.27. The van der Waals surface area contributed by atoms with Gasteiger partial charge in [-0.1, -0.05) is 24.3 Å². The highest BCUT2D eigenvalue weighted by Gasteiger charge is 1.85. The molecule has 2 heteroatoms. The summed E-state index contributed by atoms with van der Waals surface area (Å²) in [7, 11) is 0. The molecule has 0 saturated carbocycles. The quantitative estimate of drug-likeness (QED) is 0.671. The number of hydrogen-bond donors (Lipinski definition) is 1. The Balaban J connectivity index is 2.66. The second kappa shape index (κ2) is 4.20. The Labute approximate surface area is 71.9 Å². The van der Waals surface area contributed by atoms with Crippen molar-refractivity contribution >= 4 is 11.8 Å². The molecule has 60 valence electrons. The molecule has 0 atom stereocenters. The second-order valence-corrected chi connectivity index (χ2v) is 2.43. The van der Waals surface area contributed by atoms with Gasteiger partial charge in [-0.2, -0.15) is 5.26 Å². The van der Waals surface area contributed by atoms with Crippen LogP contribution in [0, 0.1) is 11.3 Å². The van der Waals surface area contributed by atoms with Gasteiger partial charge >= 0.3 is 0 Å². The van der Waals surface area contributed by atoms with E-state index in [1.54, 1.807) is 0 Å². The molecule has 1 aromatic carbocycles. The summed E-state index contributed by atoms with van der Waals surface area (Å²) in [5.74, 6) is 0. The van der Waals surface area contributed by atoms with Crippen LogP contribution in [0.15, 0.2) is 30.3 Å². The average molecular weight is 158 g/mol. The zero-order valence-electron chi connectivity index (χ0n) is 6.70. The van der Waals surface area contributed by atoms with Crippen LogP contribution in [0.4, 0.5) is 5.69 Å². The van der Waals surface area contributed by atoms with Crippen molar-refractivity contribution in [3.63, 3.8) is 0 Å². The SMILES string of the molecule is N#CCC=Cc1ccc(N)cc1. The third-order valence-corrected chi connectivity index (χ3v) is 1.46. The predicted molar refractivity (Wildman–Crippen MR) is 50.1 cm³/mol. The lowest BCUT2D eigenvalue weighted by molar-refractivity contribution is 1.36. The van der Waals surface area contributed by atoms with Crippen LogP contribution in [0.1, 0.15) is 12.0 Å². The van der Waals surface area contributed by atoms with Gasteiger partial charge in [-0.15, -0.1) is 0 Å². The molecular formula is C10H10N2. The topological polar surface area (TPSA) is 49.8 Å². The molecule has 0 heterocycles. The first-order valence-corrected chi connectivity index (χ1v) is 3.72. The van der Waals surface area contributed by atoms with Gasteiger partial charge in [0.1, 0.15) is 0 Å². The molecule has 0 aliphatic rings. The van der Waals surface area contributed by atoms with Crippen LogP contribution in [-0.4, -0.2) is 0 Å². The van der Waals surface area contributed by atoms with Crippen molar-refractivity contribution in [1.82, 2.24) is 0 Å².